The van der Waals surface area contributed by atoms with Crippen molar-refractivity contribution in [3.63, 3.8) is 0 Å². The van der Waals surface area contributed by atoms with Crippen LogP contribution in [0.5, 0.6) is 0 Å². The topological polar surface area (TPSA) is 284 Å². The summed E-state index contributed by atoms with van der Waals surface area (Å²) in [7, 11) is 0. The molecule has 0 aromatic carbocycles. The van der Waals surface area contributed by atoms with Crippen LogP contribution in [-0.4, -0.2) is 49.3 Å². The van der Waals surface area contributed by atoms with Crippen LogP contribution in [0.25, 0.3) is 0 Å². The Morgan fingerprint density at radius 2 is 0.200 bits per heavy atom. The molecule has 10 heavy (non-hydrogen) atoms. The van der Waals surface area contributed by atoms with E-state index in [1.54, 1.807) is 0 Å². The van der Waals surface area contributed by atoms with Gasteiger partial charge in [0.05, 0.1) is 0 Å². The molecule has 0 aromatic heterocycles. The summed E-state index contributed by atoms with van der Waals surface area (Å²) < 4.78 is 0. The van der Waals surface area contributed by atoms with Crippen molar-refractivity contribution in [2.24, 2.45) is 0 Å². The van der Waals surface area contributed by atoms with Crippen LogP contribution in [0.3, 0.4) is 0 Å². The first-order valence-electron chi connectivity index (χ1n) is 0. The van der Waals surface area contributed by atoms with Crippen molar-refractivity contribution >= 4 is 0 Å². The van der Waals surface area contributed by atoms with E-state index in [0.717, 1.165) is 0 Å². The molecule has 0 spiro atoms. The Hall–Kier alpha value is 1.22. The summed E-state index contributed by atoms with van der Waals surface area (Å²) >= 11 is 0. The zero-order valence-electron chi connectivity index (χ0n) is 4.88. The van der Waals surface area contributed by atoms with E-state index in [1.165, 1.54) is 0 Å². The standard InChI is InChI=1S/Eu.9H2O/h;9*1H2/q+3;;;;;;;;;. The van der Waals surface area contributed by atoms with Crippen molar-refractivity contribution in [3.8, 4) is 0 Å². The summed E-state index contributed by atoms with van der Waals surface area (Å²) in [5.74, 6) is 0. The van der Waals surface area contributed by atoms with Crippen molar-refractivity contribution in [1.82, 2.24) is 0 Å². The van der Waals surface area contributed by atoms with Crippen LogP contribution in [0.1, 0.15) is 0 Å². The molecule has 0 saturated heterocycles. The second-order valence-corrected chi connectivity index (χ2v) is 0. The van der Waals surface area contributed by atoms with Crippen LogP contribution in [0.4, 0.5) is 0 Å². The minimum absolute atomic E-state index is 0. The molecule has 10 heteroatoms. The van der Waals surface area contributed by atoms with Crippen LogP contribution >= 0.6 is 0 Å². The summed E-state index contributed by atoms with van der Waals surface area (Å²) in [6.07, 6.45) is 0. The Kier molecular flexibility index (Phi) is 45400. The van der Waals surface area contributed by atoms with Crippen molar-refractivity contribution in [1.29, 1.82) is 0 Å². The van der Waals surface area contributed by atoms with Gasteiger partial charge in [0.25, 0.3) is 0 Å². The van der Waals surface area contributed by atoms with Crippen LogP contribution in [0, 0.1) is 49.4 Å². The fourth-order valence-electron chi connectivity index (χ4n) is 0. The Labute approximate surface area is 97.7 Å². The summed E-state index contributed by atoms with van der Waals surface area (Å²) in [6.45, 7) is 0. The first-order valence-corrected chi connectivity index (χ1v) is 0. The molecule has 0 aliphatic carbocycles. The molecule has 0 heterocycles. The summed E-state index contributed by atoms with van der Waals surface area (Å²) in [5.41, 5.74) is 0. The molecular weight excluding hydrogens is 296 g/mol. The largest absolute Gasteiger partial charge is 3.00 e. The minimum Gasteiger partial charge on any atom is -0.412 e. The van der Waals surface area contributed by atoms with Crippen LogP contribution in [0.15, 0.2) is 0 Å². The molecule has 0 radical (unpaired) electrons. The molecule has 9 nitrogen and oxygen atoms in total. The Morgan fingerprint density at radius 3 is 0.200 bits per heavy atom. The first kappa shape index (κ1) is 783. The van der Waals surface area contributed by atoms with Gasteiger partial charge in [0, 0.05) is 0 Å². The zero-order valence-corrected chi connectivity index (χ0v) is 7.30. The van der Waals surface area contributed by atoms with Crippen molar-refractivity contribution in [3.05, 3.63) is 0 Å². The van der Waals surface area contributed by atoms with Gasteiger partial charge in [0.1, 0.15) is 0 Å². The Bertz CT molecular complexity index is 4.69. The van der Waals surface area contributed by atoms with E-state index in [9.17, 15) is 0 Å². The van der Waals surface area contributed by atoms with Gasteiger partial charge in [-0.15, -0.1) is 0 Å². The van der Waals surface area contributed by atoms with Gasteiger partial charge in [0.2, 0.25) is 0 Å². The predicted octanol–water partition coefficient (Wildman–Crippen LogP) is -7.42. The minimum atomic E-state index is 0. The third kappa shape index (κ3) is 416. The zero-order chi connectivity index (χ0) is 0. The molecule has 18 N–H and O–H groups in total. The SMILES string of the molecule is O.O.O.O.O.O.O.O.O.[Eu+3]. The van der Waals surface area contributed by atoms with E-state index in [2.05, 4.69) is 0 Å². The summed E-state index contributed by atoms with van der Waals surface area (Å²) in [6, 6.07) is 0. The number of hydrogen-bond donors (Lipinski definition) is 0. The molecule has 0 aromatic rings. The third-order valence-corrected chi connectivity index (χ3v) is 0. The van der Waals surface area contributed by atoms with E-state index >= 15 is 0 Å². The normalized spacial score (nSPS) is 0. The fraction of sp³-hybridized carbons (Fsp3) is 0. The Balaban J connectivity index is 0. The van der Waals surface area contributed by atoms with Crippen LogP contribution in [0.2, 0.25) is 0 Å². The smallest absolute Gasteiger partial charge is 0.412 e. The molecule has 0 fully saturated rings. The van der Waals surface area contributed by atoms with Crippen LogP contribution in [-0.2, 0) is 0 Å². The van der Waals surface area contributed by atoms with Gasteiger partial charge in [-0.1, -0.05) is 0 Å². The van der Waals surface area contributed by atoms with E-state index in [0.29, 0.717) is 0 Å². The maximum atomic E-state index is 0. The van der Waals surface area contributed by atoms with Gasteiger partial charge in [-0.25, -0.2) is 0 Å². The second-order valence-electron chi connectivity index (χ2n) is 0. The second kappa shape index (κ2) is 580. The van der Waals surface area contributed by atoms with E-state index in [1.807, 2.05) is 0 Å². The number of rotatable bonds is 0. The molecule has 0 aliphatic rings. The molecular formula is H18EuO9+3. The third-order valence-electron chi connectivity index (χ3n) is 0. The quantitative estimate of drug-likeness (QED) is 0.402. The van der Waals surface area contributed by atoms with E-state index < -0.39 is 0 Å². The van der Waals surface area contributed by atoms with Gasteiger partial charge >= 0.3 is 49.4 Å². The molecule has 0 bridgehead atoms. The fourth-order valence-corrected chi connectivity index (χ4v) is 0. The monoisotopic (exact) mass is 315 g/mol. The summed E-state index contributed by atoms with van der Waals surface area (Å²) in [5, 5.41) is 0. The van der Waals surface area contributed by atoms with Gasteiger partial charge < -0.3 is 49.3 Å². The van der Waals surface area contributed by atoms with Gasteiger partial charge in [-0.3, -0.25) is 0 Å². The molecule has 0 rings (SSSR count). The molecule has 0 atom stereocenters. The Morgan fingerprint density at radius 1 is 0.200 bits per heavy atom. The van der Waals surface area contributed by atoms with Crippen molar-refractivity contribution in [2.75, 3.05) is 0 Å². The molecule has 0 aliphatic heterocycles. The molecule has 0 saturated carbocycles. The maximum absolute atomic E-state index is 0. The van der Waals surface area contributed by atoms with E-state index in [-0.39, 0.29) is 98.7 Å². The predicted molar refractivity (Wildman–Crippen MR) is 32.5 cm³/mol. The van der Waals surface area contributed by atoms with Gasteiger partial charge in [0.15, 0.2) is 0 Å². The van der Waals surface area contributed by atoms with Crippen LogP contribution < -0.4 is 0 Å². The molecule has 0 amide bonds. The molecule has 76 valence electrons. The number of hydrogen-bond acceptors (Lipinski definition) is 0. The summed E-state index contributed by atoms with van der Waals surface area (Å²) in [4.78, 5) is 0. The van der Waals surface area contributed by atoms with Crippen molar-refractivity contribution in [2.45, 2.75) is 0 Å². The molecule has 0 unspecified atom stereocenters. The van der Waals surface area contributed by atoms with Gasteiger partial charge in [-0.2, -0.15) is 0 Å². The van der Waals surface area contributed by atoms with Gasteiger partial charge in [-0.05, 0) is 0 Å². The average Bonchev–Trinajstić information content (AvgIpc) is 0. The maximum Gasteiger partial charge on any atom is 3.00 e. The van der Waals surface area contributed by atoms with Crippen molar-refractivity contribution < 1.29 is 98.7 Å². The first-order chi connectivity index (χ1) is 0. The van der Waals surface area contributed by atoms with E-state index in [4.69, 9.17) is 0 Å². The average molecular weight is 314 g/mol.